The van der Waals surface area contributed by atoms with Crippen molar-refractivity contribution in [2.24, 2.45) is 5.41 Å². The van der Waals surface area contributed by atoms with E-state index in [9.17, 15) is 0 Å². The molecule has 0 bridgehead atoms. The van der Waals surface area contributed by atoms with Crippen LogP contribution in [0.3, 0.4) is 0 Å². The highest BCUT2D eigenvalue weighted by molar-refractivity contribution is 5.25. The summed E-state index contributed by atoms with van der Waals surface area (Å²) >= 11 is 0. The number of nitrogens with one attached hydrogen (secondary N) is 1. The van der Waals surface area contributed by atoms with E-state index >= 15 is 0 Å². The van der Waals surface area contributed by atoms with E-state index in [-0.39, 0.29) is 11.3 Å². The van der Waals surface area contributed by atoms with Gasteiger partial charge in [-0.05, 0) is 5.56 Å². The van der Waals surface area contributed by atoms with Gasteiger partial charge in [0.25, 0.3) is 0 Å². The topological polar surface area (TPSA) is 45.0 Å². The first-order valence-corrected chi connectivity index (χ1v) is 5.97. The van der Waals surface area contributed by atoms with Crippen molar-refractivity contribution in [1.82, 2.24) is 5.32 Å². The lowest BCUT2D eigenvalue weighted by Crippen LogP contribution is -2.47. The van der Waals surface area contributed by atoms with Crippen molar-refractivity contribution in [1.29, 1.82) is 5.26 Å². The van der Waals surface area contributed by atoms with Gasteiger partial charge in [-0.2, -0.15) is 5.26 Å². The average molecular weight is 230 g/mol. The Morgan fingerprint density at radius 3 is 2.65 bits per heavy atom. The maximum atomic E-state index is 9.17. The van der Waals surface area contributed by atoms with Crippen molar-refractivity contribution in [3.8, 4) is 6.07 Å². The Morgan fingerprint density at radius 1 is 1.41 bits per heavy atom. The highest BCUT2D eigenvalue weighted by Crippen LogP contribution is 2.25. The molecular weight excluding hydrogens is 212 g/mol. The van der Waals surface area contributed by atoms with Gasteiger partial charge in [0.05, 0.1) is 25.2 Å². The Bertz CT molecular complexity index is 392. The largest absolute Gasteiger partial charge is 0.380 e. The van der Waals surface area contributed by atoms with E-state index in [2.05, 4.69) is 18.3 Å². The molecule has 1 atom stereocenters. The first-order chi connectivity index (χ1) is 8.23. The lowest BCUT2D eigenvalue weighted by molar-refractivity contribution is -0.0989. The van der Waals surface area contributed by atoms with Crippen molar-refractivity contribution >= 4 is 0 Å². The molecule has 0 aliphatic carbocycles. The summed E-state index contributed by atoms with van der Waals surface area (Å²) < 4.78 is 5.20. The fraction of sp³-hybridized carbons (Fsp3) is 0.500. The molecule has 0 radical (unpaired) electrons. The minimum atomic E-state index is -0.0687. The van der Waals surface area contributed by atoms with Crippen LogP contribution in [0.25, 0.3) is 0 Å². The molecule has 3 heteroatoms. The van der Waals surface area contributed by atoms with Gasteiger partial charge in [-0.3, -0.25) is 0 Å². The Balaban J connectivity index is 1.83. The van der Waals surface area contributed by atoms with Crippen molar-refractivity contribution in [2.45, 2.75) is 12.8 Å². The van der Waals surface area contributed by atoms with E-state index in [1.54, 1.807) is 0 Å². The summed E-state index contributed by atoms with van der Waals surface area (Å²) in [7, 11) is 0. The van der Waals surface area contributed by atoms with Crippen LogP contribution in [0.15, 0.2) is 30.3 Å². The molecule has 17 heavy (non-hydrogen) atoms. The van der Waals surface area contributed by atoms with Gasteiger partial charge in [-0.1, -0.05) is 37.3 Å². The molecule has 1 aromatic rings. The number of hydrogen-bond acceptors (Lipinski definition) is 3. The molecule has 90 valence electrons. The Kier molecular flexibility index (Phi) is 3.78. The quantitative estimate of drug-likeness (QED) is 0.840. The normalized spacial score (nSPS) is 19.1. The van der Waals surface area contributed by atoms with Gasteiger partial charge in [0, 0.05) is 18.5 Å². The first kappa shape index (κ1) is 12.1. The molecule has 1 fully saturated rings. The van der Waals surface area contributed by atoms with Gasteiger partial charge in [0.2, 0.25) is 0 Å². The van der Waals surface area contributed by atoms with E-state index in [1.807, 2.05) is 30.3 Å². The van der Waals surface area contributed by atoms with Crippen LogP contribution in [-0.2, 0) is 4.74 Å². The Labute approximate surface area is 102 Å². The summed E-state index contributed by atoms with van der Waals surface area (Å²) in [5, 5.41) is 12.5. The zero-order valence-corrected chi connectivity index (χ0v) is 10.1. The van der Waals surface area contributed by atoms with E-state index in [1.165, 1.54) is 0 Å². The Hall–Kier alpha value is -1.37. The number of hydrogen-bond donors (Lipinski definition) is 1. The number of benzene rings is 1. The number of nitrogens with zero attached hydrogens (tertiary/aromatic N) is 1. The second-order valence-corrected chi connectivity index (χ2v) is 5.03. The minimum absolute atomic E-state index is 0.0687. The summed E-state index contributed by atoms with van der Waals surface area (Å²) in [6.45, 7) is 5.46. The maximum absolute atomic E-state index is 9.17. The van der Waals surface area contributed by atoms with E-state index in [0.29, 0.717) is 6.54 Å². The number of nitriles is 1. The molecule has 1 saturated heterocycles. The van der Waals surface area contributed by atoms with Crippen molar-refractivity contribution in [2.75, 3.05) is 26.3 Å². The fourth-order valence-corrected chi connectivity index (χ4v) is 1.99. The van der Waals surface area contributed by atoms with Gasteiger partial charge in [0.1, 0.15) is 0 Å². The van der Waals surface area contributed by atoms with Gasteiger partial charge < -0.3 is 10.1 Å². The highest BCUT2D eigenvalue weighted by Gasteiger charge is 2.32. The predicted octanol–water partition coefficient (Wildman–Crippen LogP) is 1.92. The lowest BCUT2D eigenvalue weighted by Gasteiger charge is -2.38. The zero-order chi connectivity index (χ0) is 12.1. The summed E-state index contributed by atoms with van der Waals surface area (Å²) in [4.78, 5) is 0. The predicted molar refractivity (Wildman–Crippen MR) is 66.6 cm³/mol. The molecule has 0 spiro atoms. The first-order valence-electron chi connectivity index (χ1n) is 5.97. The third-order valence-electron chi connectivity index (χ3n) is 3.16. The number of ether oxygens (including phenoxy) is 1. The third kappa shape index (κ3) is 3.06. The summed E-state index contributed by atoms with van der Waals surface area (Å²) in [5.74, 6) is -0.0687. The van der Waals surface area contributed by atoms with Crippen molar-refractivity contribution in [3.05, 3.63) is 35.9 Å². The molecule has 1 N–H and O–H groups in total. The van der Waals surface area contributed by atoms with Crippen LogP contribution in [0.2, 0.25) is 0 Å². The smallest absolute Gasteiger partial charge is 0.0837 e. The molecule has 1 heterocycles. The summed E-state index contributed by atoms with van der Waals surface area (Å²) in [6.07, 6.45) is 0. The molecule has 0 aromatic heterocycles. The minimum Gasteiger partial charge on any atom is -0.380 e. The molecule has 1 aliphatic heterocycles. The lowest BCUT2D eigenvalue weighted by atomic mass is 9.88. The van der Waals surface area contributed by atoms with Crippen LogP contribution < -0.4 is 5.32 Å². The molecule has 1 aliphatic rings. The average Bonchev–Trinajstić information content (AvgIpc) is 2.33. The number of rotatable bonds is 5. The van der Waals surface area contributed by atoms with E-state index in [4.69, 9.17) is 10.00 Å². The van der Waals surface area contributed by atoms with Crippen LogP contribution in [0, 0.1) is 16.7 Å². The van der Waals surface area contributed by atoms with Gasteiger partial charge in [-0.25, -0.2) is 0 Å². The molecule has 1 aromatic carbocycles. The van der Waals surface area contributed by atoms with Gasteiger partial charge in [0.15, 0.2) is 0 Å². The van der Waals surface area contributed by atoms with Crippen LogP contribution in [0.1, 0.15) is 18.4 Å². The maximum Gasteiger partial charge on any atom is 0.0837 e. The van der Waals surface area contributed by atoms with Crippen LogP contribution in [-0.4, -0.2) is 26.3 Å². The molecule has 0 saturated carbocycles. The SMILES string of the molecule is CC1(CNCC(C#N)c2ccccc2)COC1. The molecule has 0 amide bonds. The van der Waals surface area contributed by atoms with Crippen molar-refractivity contribution < 1.29 is 4.74 Å². The standard InChI is InChI=1S/C14H18N2O/c1-14(10-17-11-14)9-16-8-13(7-15)12-5-3-2-4-6-12/h2-6,13,16H,8-11H2,1H3. The van der Waals surface area contributed by atoms with Crippen molar-refractivity contribution in [3.63, 3.8) is 0 Å². The monoisotopic (exact) mass is 230 g/mol. The van der Waals surface area contributed by atoms with Gasteiger partial charge >= 0.3 is 0 Å². The van der Waals surface area contributed by atoms with Gasteiger partial charge in [-0.15, -0.1) is 0 Å². The van der Waals surface area contributed by atoms with Crippen LogP contribution in [0.5, 0.6) is 0 Å². The second-order valence-electron chi connectivity index (χ2n) is 5.03. The zero-order valence-electron chi connectivity index (χ0n) is 10.1. The Morgan fingerprint density at radius 2 is 2.12 bits per heavy atom. The molecule has 2 rings (SSSR count). The molecule has 1 unspecified atom stereocenters. The highest BCUT2D eigenvalue weighted by atomic mass is 16.5. The van der Waals surface area contributed by atoms with Crippen LogP contribution >= 0.6 is 0 Å². The third-order valence-corrected chi connectivity index (χ3v) is 3.16. The molecular formula is C14H18N2O. The summed E-state index contributed by atoms with van der Waals surface area (Å²) in [5.41, 5.74) is 1.34. The second kappa shape index (κ2) is 5.31. The van der Waals surface area contributed by atoms with E-state index in [0.717, 1.165) is 25.3 Å². The van der Waals surface area contributed by atoms with Crippen LogP contribution in [0.4, 0.5) is 0 Å². The fourth-order valence-electron chi connectivity index (χ4n) is 1.99. The van der Waals surface area contributed by atoms with E-state index < -0.39 is 0 Å². The summed E-state index contributed by atoms with van der Waals surface area (Å²) in [6, 6.07) is 12.3. The molecule has 3 nitrogen and oxygen atoms in total.